The number of aliphatic hydroxyl groups is 1. The van der Waals surface area contributed by atoms with Crippen LogP contribution in [-0.4, -0.2) is 28.9 Å². The maximum absolute atomic E-state index is 12.0. The highest BCUT2D eigenvalue weighted by molar-refractivity contribution is 5.77. The molecule has 3 rings (SSSR count). The molecule has 19 heavy (non-hydrogen) atoms. The van der Waals surface area contributed by atoms with E-state index >= 15 is 0 Å². The van der Waals surface area contributed by atoms with Crippen molar-refractivity contribution in [3.8, 4) is 0 Å². The van der Waals surface area contributed by atoms with E-state index in [2.05, 4.69) is 0 Å². The van der Waals surface area contributed by atoms with Gasteiger partial charge in [0.15, 0.2) is 6.10 Å². The third kappa shape index (κ3) is 3.14. The first kappa shape index (κ1) is 12.6. The summed E-state index contributed by atoms with van der Waals surface area (Å²) in [5.74, 6) is -0.418. The molecule has 0 aromatic heterocycles. The van der Waals surface area contributed by atoms with E-state index in [1.54, 1.807) is 0 Å². The van der Waals surface area contributed by atoms with Gasteiger partial charge in [-0.2, -0.15) is 0 Å². The molecule has 2 saturated carbocycles. The average Bonchev–Trinajstić information content (AvgIpc) is 3.31. The molecule has 1 N–H and O–H groups in total. The topological polar surface area (TPSA) is 55.8 Å². The second-order valence-electron chi connectivity index (χ2n) is 5.42. The minimum absolute atomic E-state index is 0.0395. The van der Waals surface area contributed by atoms with E-state index in [0.717, 1.165) is 18.4 Å². The number of ether oxygens (including phenoxy) is 2. The molecule has 1 atom stereocenters. The normalized spacial score (nSPS) is 21.7. The fourth-order valence-corrected chi connectivity index (χ4v) is 2.00. The molecule has 0 radical (unpaired) electrons. The lowest BCUT2D eigenvalue weighted by Crippen LogP contribution is -2.40. The molecule has 2 aliphatic carbocycles. The Kier molecular flexibility index (Phi) is 3.29. The minimum atomic E-state index is -1.01. The van der Waals surface area contributed by atoms with Gasteiger partial charge in [0, 0.05) is 0 Å². The van der Waals surface area contributed by atoms with E-state index in [-0.39, 0.29) is 6.10 Å². The zero-order valence-electron chi connectivity index (χ0n) is 10.7. The zero-order valence-corrected chi connectivity index (χ0v) is 10.7. The molecule has 0 spiro atoms. The Bertz CT molecular complexity index is 448. The van der Waals surface area contributed by atoms with Crippen LogP contribution in [0.1, 0.15) is 31.2 Å². The van der Waals surface area contributed by atoms with Crippen LogP contribution in [0, 0.1) is 0 Å². The lowest BCUT2D eigenvalue weighted by atomic mass is 10.1. The molecule has 0 saturated heterocycles. The van der Waals surface area contributed by atoms with Gasteiger partial charge >= 0.3 is 5.97 Å². The summed E-state index contributed by atoms with van der Waals surface area (Å²) in [7, 11) is 0. The molecule has 2 aliphatic rings. The fourth-order valence-electron chi connectivity index (χ4n) is 2.00. The predicted octanol–water partition coefficient (Wildman–Crippen LogP) is 1.80. The Morgan fingerprint density at radius 2 is 2.00 bits per heavy atom. The standard InChI is InChI=1S/C15H18O4/c16-14(19-12-6-7-12)13(15(17)8-9-15)18-10-11-4-2-1-3-5-11/h1-5,12-13,17H,6-10H2. The highest BCUT2D eigenvalue weighted by atomic mass is 16.6. The first-order chi connectivity index (χ1) is 9.17. The third-order valence-electron chi connectivity index (χ3n) is 3.53. The monoisotopic (exact) mass is 262 g/mol. The molecule has 102 valence electrons. The average molecular weight is 262 g/mol. The maximum Gasteiger partial charge on any atom is 0.338 e. The first-order valence-electron chi connectivity index (χ1n) is 6.76. The minimum Gasteiger partial charge on any atom is -0.460 e. The highest BCUT2D eigenvalue weighted by Crippen LogP contribution is 2.41. The van der Waals surface area contributed by atoms with Crippen LogP contribution in [0.4, 0.5) is 0 Å². The van der Waals surface area contributed by atoms with Gasteiger partial charge in [0.05, 0.1) is 6.61 Å². The Labute approximate surface area is 112 Å². The van der Waals surface area contributed by atoms with Crippen molar-refractivity contribution in [2.75, 3.05) is 0 Å². The molecule has 4 heteroatoms. The summed E-state index contributed by atoms with van der Waals surface area (Å²) < 4.78 is 10.9. The van der Waals surface area contributed by atoms with Gasteiger partial charge in [-0.25, -0.2) is 4.79 Å². The lowest BCUT2D eigenvalue weighted by molar-refractivity contribution is -0.170. The molecule has 4 nitrogen and oxygen atoms in total. The molecule has 0 heterocycles. The summed E-state index contributed by atoms with van der Waals surface area (Å²) in [6.07, 6.45) is 2.25. The molecule has 1 unspecified atom stereocenters. The Hall–Kier alpha value is -1.39. The summed E-state index contributed by atoms with van der Waals surface area (Å²) in [4.78, 5) is 12.0. The van der Waals surface area contributed by atoms with Crippen molar-refractivity contribution in [1.29, 1.82) is 0 Å². The third-order valence-corrected chi connectivity index (χ3v) is 3.53. The number of rotatable bonds is 6. The summed E-state index contributed by atoms with van der Waals surface area (Å²) in [6, 6.07) is 9.63. The van der Waals surface area contributed by atoms with Crippen LogP contribution < -0.4 is 0 Å². The van der Waals surface area contributed by atoms with Crippen LogP contribution in [0.3, 0.4) is 0 Å². The first-order valence-corrected chi connectivity index (χ1v) is 6.76. The van der Waals surface area contributed by atoms with Crippen molar-refractivity contribution >= 4 is 5.97 Å². The van der Waals surface area contributed by atoms with Gasteiger partial charge < -0.3 is 14.6 Å². The van der Waals surface area contributed by atoms with Crippen molar-refractivity contribution in [3.05, 3.63) is 35.9 Å². The molecule has 1 aromatic rings. The fraction of sp³-hybridized carbons (Fsp3) is 0.533. The quantitative estimate of drug-likeness (QED) is 0.794. The number of hydrogen-bond donors (Lipinski definition) is 1. The van der Waals surface area contributed by atoms with Gasteiger partial charge in [-0.05, 0) is 31.2 Å². The van der Waals surface area contributed by atoms with Crippen molar-refractivity contribution < 1.29 is 19.4 Å². The summed E-state index contributed by atoms with van der Waals surface area (Å²) >= 11 is 0. The zero-order chi connectivity index (χ0) is 13.3. The van der Waals surface area contributed by atoms with Gasteiger partial charge in [0.2, 0.25) is 0 Å². The molecule has 0 bridgehead atoms. The second kappa shape index (κ2) is 4.94. The van der Waals surface area contributed by atoms with E-state index < -0.39 is 17.7 Å². The van der Waals surface area contributed by atoms with E-state index in [4.69, 9.17) is 9.47 Å². The number of carbonyl (C=O) groups excluding carboxylic acids is 1. The lowest BCUT2D eigenvalue weighted by Gasteiger charge is -2.21. The molecular formula is C15H18O4. The molecule has 0 aliphatic heterocycles. The highest BCUT2D eigenvalue weighted by Gasteiger charge is 2.53. The van der Waals surface area contributed by atoms with Crippen LogP contribution in [0.25, 0.3) is 0 Å². The smallest absolute Gasteiger partial charge is 0.338 e. The maximum atomic E-state index is 12.0. The predicted molar refractivity (Wildman–Crippen MR) is 68.3 cm³/mol. The Morgan fingerprint density at radius 3 is 2.58 bits per heavy atom. The molecule has 0 amide bonds. The van der Waals surface area contributed by atoms with Gasteiger partial charge in [0.25, 0.3) is 0 Å². The van der Waals surface area contributed by atoms with E-state index in [1.807, 2.05) is 30.3 Å². The second-order valence-corrected chi connectivity index (χ2v) is 5.42. The van der Waals surface area contributed by atoms with Gasteiger partial charge in [0.1, 0.15) is 11.7 Å². The van der Waals surface area contributed by atoms with Gasteiger partial charge in [-0.3, -0.25) is 0 Å². The molecule has 2 fully saturated rings. The Balaban J connectivity index is 1.61. The van der Waals surface area contributed by atoms with E-state index in [1.165, 1.54) is 0 Å². The number of hydrogen-bond acceptors (Lipinski definition) is 4. The SMILES string of the molecule is O=C(OC1CC1)C(OCc1ccccc1)C1(O)CC1. The molecule has 1 aromatic carbocycles. The van der Waals surface area contributed by atoms with Crippen molar-refractivity contribution in [3.63, 3.8) is 0 Å². The van der Waals surface area contributed by atoms with Crippen LogP contribution in [-0.2, 0) is 20.9 Å². The molecular weight excluding hydrogens is 244 g/mol. The van der Waals surface area contributed by atoms with Crippen LogP contribution in [0.15, 0.2) is 30.3 Å². The van der Waals surface area contributed by atoms with Crippen LogP contribution in [0.2, 0.25) is 0 Å². The van der Waals surface area contributed by atoms with E-state index in [9.17, 15) is 9.90 Å². The van der Waals surface area contributed by atoms with Crippen molar-refractivity contribution in [1.82, 2.24) is 0 Å². The van der Waals surface area contributed by atoms with Crippen molar-refractivity contribution in [2.45, 2.75) is 50.1 Å². The van der Waals surface area contributed by atoms with Gasteiger partial charge in [-0.15, -0.1) is 0 Å². The summed E-state index contributed by atoms with van der Waals surface area (Å²) in [6.45, 7) is 0.313. The van der Waals surface area contributed by atoms with Crippen LogP contribution in [0.5, 0.6) is 0 Å². The number of benzene rings is 1. The summed E-state index contributed by atoms with van der Waals surface area (Å²) in [5, 5.41) is 10.1. The largest absolute Gasteiger partial charge is 0.460 e. The van der Waals surface area contributed by atoms with Crippen LogP contribution >= 0.6 is 0 Å². The Morgan fingerprint density at radius 1 is 1.32 bits per heavy atom. The van der Waals surface area contributed by atoms with Crippen molar-refractivity contribution in [2.24, 2.45) is 0 Å². The van der Waals surface area contributed by atoms with E-state index in [0.29, 0.717) is 19.4 Å². The van der Waals surface area contributed by atoms with Gasteiger partial charge in [-0.1, -0.05) is 30.3 Å². The summed E-state index contributed by atoms with van der Waals surface area (Å²) in [5.41, 5.74) is -0.0308. The number of esters is 1. The number of carbonyl (C=O) groups is 1.